The molecule has 102 valence electrons. The van der Waals surface area contributed by atoms with E-state index in [-0.39, 0.29) is 11.3 Å². The van der Waals surface area contributed by atoms with Gasteiger partial charge in [-0.25, -0.2) is 0 Å². The third-order valence-corrected chi connectivity index (χ3v) is 3.33. The molecule has 0 spiro atoms. The van der Waals surface area contributed by atoms with Gasteiger partial charge < -0.3 is 9.73 Å². The van der Waals surface area contributed by atoms with Crippen LogP contribution in [0.2, 0.25) is 0 Å². The van der Waals surface area contributed by atoms with Crippen LogP contribution in [0.25, 0.3) is 0 Å². The van der Waals surface area contributed by atoms with Gasteiger partial charge in [0, 0.05) is 12.1 Å². The third kappa shape index (κ3) is 3.77. The Hall–Kier alpha value is -0.960. The van der Waals surface area contributed by atoms with Crippen molar-refractivity contribution in [1.29, 1.82) is 0 Å². The molecule has 1 atom stereocenters. The predicted molar refractivity (Wildman–Crippen MR) is 74.3 cm³/mol. The second kappa shape index (κ2) is 6.28. The summed E-state index contributed by atoms with van der Waals surface area (Å²) in [6.45, 7) is 10.3. The van der Waals surface area contributed by atoms with E-state index in [9.17, 15) is 4.79 Å². The van der Waals surface area contributed by atoms with E-state index in [4.69, 9.17) is 16.0 Å². The molecule has 3 nitrogen and oxygen atoms in total. The number of hydrogen-bond acceptors (Lipinski definition) is 2. The van der Waals surface area contributed by atoms with E-state index in [0.717, 1.165) is 17.7 Å². The highest BCUT2D eigenvalue weighted by atomic mass is 35.5. The Bertz CT molecular complexity index is 424. The number of aryl methyl sites for hydroxylation is 2. The van der Waals surface area contributed by atoms with Gasteiger partial charge in [0.25, 0.3) is 5.91 Å². The van der Waals surface area contributed by atoms with Crippen LogP contribution in [0.5, 0.6) is 0 Å². The molecule has 1 aromatic heterocycles. The van der Waals surface area contributed by atoms with Gasteiger partial charge in [-0.3, -0.25) is 4.79 Å². The minimum absolute atomic E-state index is 0.0254. The first-order valence-electron chi connectivity index (χ1n) is 6.31. The van der Waals surface area contributed by atoms with E-state index in [1.54, 1.807) is 6.92 Å². The number of hydrogen-bond donors (Lipinski definition) is 1. The van der Waals surface area contributed by atoms with Crippen LogP contribution in [0, 0.1) is 26.7 Å². The van der Waals surface area contributed by atoms with E-state index in [2.05, 4.69) is 19.2 Å². The maximum absolute atomic E-state index is 12.1. The predicted octanol–water partition coefficient (Wildman–Crippen LogP) is 3.59. The summed E-state index contributed by atoms with van der Waals surface area (Å²) in [6.07, 6.45) is 0.893. The molecular weight excluding hydrogens is 250 g/mol. The number of carbonyl (C=O) groups is 1. The first-order chi connectivity index (χ1) is 8.32. The van der Waals surface area contributed by atoms with Gasteiger partial charge in [-0.05, 0) is 33.1 Å². The summed E-state index contributed by atoms with van der Waals surface area (Å²) >= 11 is 6.15. The van der Waals surface area contributed by atoms with Gasteiger partial charge in [0.05, 0.1) is 10.9 Å². The molecular formula is C14H22ClNO2. The Kier molecular flexibility index (Phi) is 5.27. The van der Waals surface area contributed by atoms with Crippen molar-refractivity contribution >= 4 is 17.5 Å². The summed E-state index contributed by atoms with van der Waals surface area (Å²) in [5.74, 6) is 1.89. The van der Waals surface area contributed by atoms with Crippen molar-refractivity contribution in [3.8, 4) is 0 Å². The van der Waals surface area contributed by atoms with Crippen molar-refractivity contribution < 1.29 is 9.21 Å². The highest BCUT2D eigenvalue weighted by molar-refractivity contribution is 6.21. The average molecular weight is 272 g/mol. The molecule has 1 aromatic rings. The van der Waals surface area contributed by atoms with Crippen molar-refractivity contribution in [3.63, 3.8) is 0 Å². The normalized spacial score (nSPS) is 12.8. The molecule has 1 heterocycles. The second-order valence-electron chi connectivity index (χ2n) is 5.15. The van der Waals surface area contributed by atoms with Crippen LogP contribution in [0.15, 0.2) is 4.42 Å². The molecule has 0 saturated heterocycles. The topological polar surface area (TPSA) is 42.2 Å². The van der Waals surface area contributed by atoms with E-state index >= 15 is 0 Å². The van der Waals surface area contributed by atoms with E-state index in [1.807, 2.05) is 13.8 Å². The third-order valence-electron chi connectivity index (χ3n) is 3.00. The lowest BCUT2D eigenvalue weighted by molar-refractivity contribution is 0.0951. The summed E-state index contributed by atoms with van der Waals surface area (Å²) in [5.41, 5.74) is 1.54. The molecule has 0 saturated carbocycles. The first-order valence-corrected chi connectivity index (χ1v) is 6.75. The van der Waals surface area contributed by atoms with Gasteiger partial charge in [-0.15, -0.1) is 11.6 Å². The Balaban J connectivity index is 2.61. The number of amides is 1. The van der Waals surface area contributed by atoms with Crippen LogP contribution < -0.4 is 5.32 Å². The fraction of sp³-hybridized carbons (Fsp3) is 0.643. The maximum Gasteiger partial charge on any atom is 0.255 e. The zero-order valence-electron chi connectivity index (χ0n) is 11.8. The van der Waals surface area contributed by atoms with E-state index in [1.165, 1.54) is 0 Å². The van der Waals surface area contributed by atoms with E-state index < -0.39 is 0 Å². The average Bonchev–Trinajstić information content (AvgIpc) is 2.49. The number of rotatable bonds is 5. The van der Waals surface area contributed by atoms with Crippen LogP contribution in [0.1, 0.15) is 47.7 Å². The van der Waals surface area contributed by atoms with Crippen molar-refractivity contribution in [2.45, 2.75) is 46.4 Å². The summed E-state index contributed by atoms with van der Waals surface area (Å²) in [7, 11) is 0. The number of halogens is 1. The van der Waals surface area contributed by atoms with E-state index in [0.29, 0.717) is 23.8 Å². The summed E-state index contributed by atoms with van der Waals surface area (Å²) in [5, 5.41) is 2.84. The Morgan fingerprint density at radius 3 is 2.33 bits per heavy atom. The summed E-state index contributed by atoms with van der Waals surface area (Å²) < 4.78 is 5.44. The summed E-state index contributed by atoms with van der Waals surface area (Å²) in [6, 6.07) is 0. The van der Waals surface area contributed by atoms with Crippen molar-refractivity contribution in [1.82, 2.24) is 5.32 Å². The van der Waals surface area contributed by atoms with Crippen molar-refractivity contribution in [2.24, 2.45) is 5.92 Å². The largest absolute Gasteiger partial charge is 0.466 e. The lowest BCUT2D eigenvalue weighted by Crippen LogP contribution is -2.30. The number of furan rings is 1. The zero-order chi connectivity index (χ0) is 13.9. The molecule has 1 amide bonds. The van der Waals surface area contributed by atoms with Gasteiger partial charge in [-0.2, -0.15) is 0 Å². The fourth-order valence-electron chi connectivity index (χ4n) is 2.01. The minimum atomic E-state index is -0.101. The molecule has 0 aromatic carbocycles. The molecule has 0 fully saturated rings. The lowest BCUT2D eigenvalue weighted by atomic mass is 10.1. The Labute approximate surface area is 114 Å². The van der Waals surface area contributed by atoms with Crippen molar-refractivity contribution in [3.05, 3.63) is 22.6 Å². The van der Waals surface area contributed by atoms with Crippen LogP contribution in [0.3, 0.4) is 0 Å². The smallest absolute Gasteiger partial charge is 0.255 e. The highest BCUT2D eigenvalue weighted by Gasteiger charge is 2.19. The van der Waals surface area contributed by atoms with Gasteiger partial charge in [-0.1, -0.05) is 13.8 Å². The molecule has 0 aliphatic carbocycles. The van der Waals surface area contributed by atoms with Gasteiger partial charge >= 0.3 is 0 Å². The quantitative estimate of drug-likeness (QED) is 0.832. The van der Waals surface area contributed by atoms with Crippen molar-refractivity contribution in [2.75, 3.05) is 6.54 Å². The highest BCUT2D eigenvalue weighted by Crippen LogP contribution is 2.20. The molecule has 0 aliphatic heterocycles. The molecule has 0 bridgehead atoms. The maximum atomic E-state index is 12.1. The Morgan fingerprint density at radius 1 is 1.28 bits per heavy atom. The minimum Gasteiger partial charge on any atom is -0.466 e. The first kappa shape index (κ1) is 15.1. The second-order valence-corrected chi connectivity index (χ2v) is 5.77. The van der Waals surface area contributed by atoms with Crippen LogP contribution in [0.4, 0.5) is 0 Å². The molecule has 1 N–H and O–H groups in total. The molecule has 0 radical (unpaired) electrons. The van der Waals surface area contributed by atoms with Gasteiger partial charge in [0.2, 0.25) is 0 Å². The SMILES string of the molecule is Cc1oc(C)c(C(=O)NCC(Cl)CC(C)C)c1C. The van der Waals surface area contributed by atoms with Crippen LogP contribution in [-0.4, -0.2) is 17.8 Å². The molecule has 18 heavy (non-hydrogen) atoms. The van der Waals surface area contributed by atoms with Crippen LogP contribution in [-0.2, 0) is 0 Å². The molecule has 1 unspecified atom stereocenters. The fourth-order valence-corrected chi connectivity index (χ4v) is 2.45. The zero-order valence-corrected chi connectivity index (χ0v) is 12.5. The lowest BCUT2D eigenvalue weighted by Gasteiger charge is -2.13. The number of nitrogens with one attached hydrogen (secondary N) is 1. The van der Waals surface area contributed by atoms with Crippen LogP contribution >= 0.6 is 11.6 Å². The molecule has 4 heteroatoms. The molecule has 0 aliphatic rings. The number of carbonyl (C=O) groups excluding carboxylic acids is 1. The molecule has 1 rings (SSSR count). The standard InChI is InChI=1S/C14H22ClNO2/c1-8(2)6-12(15)7-16-14(17)13-9(3)10(4)18-11(13)5/h8,12H,6-7H2,1-5H3,(H,16,17). The van der Waals surface area contributed by atoms with Gasteiger partial charge in [0.15, 0.2) is 0 Å². The summed E-state index contributed by atoms with van der Waals surface area (Å²) in [4.78, 5) is 12.1. The van der Waals surface area contributed by atoms with Gasteiger partial charge in [0.1, 0.15) is 11.5 Å². The monoisotopic (exact) mass is 271 g/mol. The number of alkyl halides is 1. The Morgan fingerprint density at radius 2 is 1.89 bits per heavy atom.